The van der Waals surface area contributed by atoms with Crippen LogP contribution < -0.4 is 5.32 Å². The van der Waals surface area contributed by atoms with Crippen LogP contribution in [0.3, 0.4) is 0 Å². The number of nitrogens with one attached hydrogen (secondary N) is 1. The van der Waals surface area contributed by atoms with Gasteiger partial charge in [-0.15, -0.1) is 0 Å². The lowest BCUT2D eigenvalue weighted by molar-refractivity contribution is -0.121. The molecule has 0 saturated carbocycles. The monoisotopic (exact) mass is 449 g/mol. The molecule has 0 aliphatic carbocycles. The molecule has 1 aromatic carbocycles. The lowest BCUT2D eigenvalue weighted by Gasteiger charge is -2.33. The van der Waals surface area contributed by atoms with Gasteiger partial charge in [-0.3, -0.25) is 4.79 Å². The van der Waals surface area contributed by atoms with Crippen molar-refractivity contribution in [3.05, 3.63) is 24.0 Å². The first-order valence-electron chi connectivity index (χ1n) is 11.1. The second-order valence-electron chi connectivity index (χ2n) is 8.61. The van der Waals surface area contributed by atoms with Gasteiger partial charge in [0.1, 0.15) is 5.82 Å². The van der Waals surface area contributed by atoms with Crippen molar-refractivity contribution in [3.63, 3.8) is 0 Å². The topological polar surface area (TPSA) is 87.5 Å². The highest BCUT2D eigenvalue weighted by molar-refractivity contribution is 7.89. The number of hydrogen-bond acceptors (Lipinski definition) is 5. The first kappa shape index (κ1) is 23.7. The minimum Gasteiger partial charge on any atom is -0.356 e. The van der Waals surface area contributed by atoms with Crippen molar-refractivity contribution in [2.75, 3.05) is 33.7 Å². The summed E-state index contributed by atoms with van der Waals surface area (Å²) in [7, 11) is 1.40. The minimum atomic E-state index is -3.51. The number of aromatic nitrogens is 2. The number of carbonyl (C=O) groups is 1. The summed E-state index contributed by atoms with van der Waals surface area (Å²) in [6, 6.07) is 5.61. The number of fused-ring (bicyclic) bond motifs is 1. The summed E-state index contributed by atoms with van der Waals surface area (Å²) in [6.07, 6.45) is 5.70. The summed E-state index contributed by atoms with van der Waals surface area (Å²) in [4.78, 5) is 19.6. The van der Waals surface area contributed by atoms with Gasteiger partial charge in [0.05, 0.1) is 15.9 Å². The van der Waals surface area contributed by atoms with Crippen molar-refractivity contribution >= 4 is 27.0 Å². The quantitative estimate of drug-likeness (QED) is 0.593. The smallest absolute Gasteiger partial charge is 0.242 e. The Hall–Kier alpha value is -1.97. The predicted molar refractivity (Wildman–Crippen MR) is 122 cm³/mol. The van der Waals surface area contributed by atoms with Gasteiger partial charge >= 0.3 is 0 Å². The SMILES string of the molecule is CC1CCCCN1CCCNC(=O)CCc1nc2cc(S(=O)(=O)N(C)C)ccc2n1C. The van der Waals surface area contributed by atoms with E-state index in [-0.39, 0.29) is 10.8 Å². The van der Waals surface area contributed by atoms with Crippen LogP contribution in [0.25, 0.3) is 11.0 Å². The van der Waals surface area contributed by atoms with E-state index in [1.165, 1.54) is 44.2 Å². The standard InChI is InChI=1S/C22H35N5O3S/c1-17-8-5-6-14-27(17)15-7-13-23-22(28)12-11-21-24-19-16-18(31(29,30)25(2)3)9-10-20(19)26(21)4/h9-10,16-17H,5-8,11-15H2,1-4H3,(H,23,28). The summed E-state index contributed by atoms with van der Waals surface area (Å²) >= 11 is 0. The van der Waals surface area contributed by atoms with E-state index in [4.69, 9.17) is 0 Å². The number of rotatable bonds is 9. The second-order valence-corrected chi connectivity index (χ2v) is 10.8. The number of sulfonamides is 1. The van der Waals surface area contributed by atoms with Crippen molar-refractivity contribution < 1.29 is 13.2 Å². The Morgan fingerprint density at radius 2 is 2.06 bits per heavy atom. The fourth-order valence-electron chi connectivity index (χ4n) is 4.14. The Labute approximate surface area is 185 Å². The summed E-state index contributed by atoms with van der Waals surface area (Å²) < 4.78 is 27.8. The van der Waals surface area contributed by atoms with Gasteiger partial charge in [0.2, 0.25) is 15.9 Å². The number of aryl methyl sites for hydroxylation is 2. The minimum absolute atomic E-state index is 0.0228. The molecule has 1 N–H and O–H groups in total. The lowest BCUT2D eigenvalue weighted by Crippen LogP contribution is -2.39. The van der Waals surface area contributed by atoms with Crippen LogP contribution in [0.4, 0.5) is 0 Å². The molecule has 1 fully saturated rings. The highest BCUT2D eigenvalue weighted by atomic mass is 32.2. The average molecular weight is 450 g/mol. The van der Waals surface area contributed by atoms with Gasteiger partial charge in [-0.2, -0.15) is 0 Å². The number of likely N-dealkylation sites (tertiary alicyclic amines) is 1. The normalized spacial score (nSPS) is 18.0. The van der Waals surface area contributed by atoms with Crippen LogP contribution in [0.2, 0.25) is 0 Å². The molecule has 3 rings (SSSR count). The molecule has 0 spiro atoms. The van der Waals surface area contributed by atoms with Gasteiger partial charge < -0.3 is 14.8 Å². The number of carbonyl (C=O) groups excluding carboxylic acids is 1. The van der Waals surface area contributed by atoms with E-state index >= 15 is 0 Å². The maximum atomic E-state index is 12.4. The van der Waals surface area contributed by atoms with Crippen LogP contribution in [-0.4, -0.2) is 72.9 Å². The van der Waals surface area contributed by atoms with Crippen LogP contribution in [-0.2, 0) is 28.3 Å². The van der Waals surface area contributed by atoms with Gasteiger partial charge in [0.15, 0.2) is 0 Å². The number of hydrogen-bond donors (Lipinski definition) is 1. The third-order valence-electron chi connectivity index (χ3n) is 6.18. The molecule has 1 saturated heterocycles. The molecule has 0 radical (unpaired) electrons. The van der Waals surface area contributed by atoms with Gasteiger partial charge in [-0.25, -0.2) is 17.7 Å². The van der Waals surface area contributed by atoms with E-state index in [0.717, 1.165) is 24.3 Å². The summed E-state index contributed by atoms with van der Waals surface area (Å²) in [5.41, 5.74) is 1.47. The molecule has 31 heavy (non-hydrogen) atoms. The molecule has 8 nitrogen and oxygen atoms in total. The fourth-order valence-corrected chi connectivity index (χ4v) is 5.06. The molecule has 1 aliphatic heterocycles. The molecule has 0 bridgehead atoms. The van der Waals surface area contributed by atoms with Crippen molar-refractivity contribution in [1.29, 1.82) is 0 Å². The largest absolute Gasteiger partial charge is 0.356 e. The molecule has 1 aromatic heterocycles. The Bertz CT molecular complexity index is 1020. The molecule has 1 amide bonds. The van der Waals surface area contributed by atoms with E-state index in [9.17, 15) is 13.2 Å². The maximum Gasteiger partial charge on any atom is 0.242 e. The predicted octanol–water partition coefficient (Wildman–Crippen LogP) is 2.14. The van der Waals surface area contributed by atoms with E-state index < -0.39 is 10.0 Å². The molecular formula is C22H35N5O3S. The number of piperidine rings is 1. The Morgan fingerprint density at radius 1 is 1.29 bits per heavy atom. The molecule has 2 aromatic rings. The summed E-state index contributed by atoms with van der Waals surface area (Å²) in [5.74, 6) is 0.793. The van der Waals surface area contributed by atoms with E-state index in [0.29, 0.717) is 30.9 Å². The average Bonchev–Trinajstić information content (AvgIpc) is 3.05. The molecule has 1 unspecified atom stereocenters. The molecule has 172 valence electrons. The molecule has 9 heteroatoms. The summed E-state index contributed by atoms with van der Waals surface area (Å²) in [6.45, 7) is 5.17. The van der Waals surface area contributed by atoms with Crippen LogP contribution in [0.1, 0.15) is 44.9 Å². The first-order valence-corrected chi connectivity index (χ1v) is 12.5. The van der Waals surface area contributed by atoms with Crippen molar-refractivity contribution in [1.82, 2.24) is 24.1 Å². The van der Waals surface area contributed by atoms with E-state index in [2.05, 4.69) is 22.1 Å². The fraction of sp³-hybridized carbons (Fsp3) is 0.636. The third kappa shape index (κ3) is 5.64. The van der Waals surface area contributed by atoms with Crippen LogP contribution >= 0.6 is 0 Å². The van der Waals surface area contributed by atoms with Crippen LogP contribution in [0.5, 0.6) is 0 Å². The number of amides is 1. The van der Waals surface area contributed by atoms with Gasteiger partial charge in [-0.1, -0.05) is 6.42 Å². The van der Waals surface area contributed by atoms with E-state index in [1.807, 2.05) is 11.6 Å². The molecule has 1 atom stereocenters. The summed E-state index contributed by atoms with van der Waals surface area (Å²) in [5, 5.41) is 3.01. The first-order chi connectivity index (χ1) is 14.7. The Balaban J connectivity index is 1.52. The molecule has 1 aliphatic rings. The Morgan fingerprint density at radius 3 is 2.77 bits per heavy atom. The van der Waals surface area contributed by atoms with Crippen LogP contribution in [0, 0.1) is 0 Å². The lowest BCUT2D eigenvalue weighted by atomic mass is 10.0. The zero-order valence-electron chi connectivity index (χ0n) is 19.1. The highest BCUT2D eigenvalue weighted by Gasteiger charge is 2.20. The van der Waals surface area contributed by atoms with Crippen LogP contribution in [0.15, 0.2) is 23.1 Å². The molecular weight excluding hydrogens is 414 g/mol. The Kier molecular flexibility index (Phi) is 7.72. The third-order valence-corrected chi connectivity index (χ3v) is 8.00. The van der Waals surface area contributed by atoms with Gasteiger partial charge in [0.25, 0.3) is 0 Å². The van der Waals surface area contributed by atoms with Crippen molar-refractivity contribution in [2.45, 2.75) is 56.4 Å². The molecule has 2 heterocycles. The number of benzene rings is 1. The number of imidazole rings is 1. The zero-order valence-corrected chi connectivity index (χ0v) is 19.9. The number of nitrogens with zero attached hydrogens (tertiary/aromatic N) is 4. The highest BCUT2D eigenvalue weighted by Crippen LogP contribution is 2.22. The van der Waals surface area contributed by atoms with Gasteiger partial charge in [-0.05, 0) is 50.9 Å². The van der Waals surface area contributed by atoms with Crippen molar-refractivity contribution in [2.24, 2.45) is 7.05 Å². The van der Waals surface area contributed by atoms with Gasteiger partial charge in [0, 0.05) is 53.1 Å². The maximum absolute atomic E-state index is 12.4. The second kappa shape index (κ2) is 10.1. The van der Waals surface area contributed by atoms with E-state index in [1.54, 1.807) is 18.2 Å². The van der Waals surface area contributed by atoms with Crippen molar-refractivity contribution in [3.8, 4) is 0 Å². The zero-order chi connectivity index (χ0) is 22.6.